The Hall–Kier alpha value is -1.16. The molecule has 0 atom stereocenters. The van der Waals surface area contributed by atoms with E-state index in [0.29, 0.717) is 21.5 Å². The highest BCUT2D eigenvalue weighted by molar-refractivity contribution is 8.00. The van der Waals surface area contributed by atoms with E-state index in [-0.39, 0.29) is 5.91 Å². The molecule has 0 aromatic heterocycles. The number of rotatable bonds is 4. The number of benzene rings is 2. The van der Waals surface area contributed by atoms with Crippen molar-refractivity contribution in [1.82, 2.24) is 0 Å². The number of nitrogens with one attached hydrogen (secondary N) is 1. The summed E-state index contributed by atoms with van der Waals surface area (Å²) in [5, 5.41) is 3.69. The van der Waals surface area contributed by atoms with Crippen LogP contribution in [-0.4, -0.2) is 11.7 Å². The Morgan fingerprint density at radius 1 is 1.15 bits per heavy atom. The van der Waals surface area contributed by atoms with Crippen molar-refractivity contribution in [3.8, 4) is 0 Å². The molecule has 0 aliphatic rings. The van der Waals surface area contributed by atoms with Crippen molar-refractivity contribution < 1.29 is 4.79 Å². The molecule has 0 unspecified atom stereocenters. The quantitative estimate of drug-likeness (QED) is 0.798. The third-order valence-electron chi connectivity index (χ3n) is 2.66. The van der Waals surface area contributed by atoms with E-state index in [1.54, 1.807) is 18.2 Å². The first-order chi connectivity index (χ1) is 9.56. The van der Waals surface area contributed by atoms with Crippen LogP contribution in [0.1, 0.15) is 5.56 Å². The minimum Gasteiger partial charge on any atom is -0.325 e. The van der Waals surface area contributed by atoms with Crippen LogP contribution in [0, 0.1) is 6.92 Å². The second-order valence-electron chi connectivity index (χ2n) is 4.23. The summed E-state index contributed by atoms with van der Waals surface area (Å²) in [6.45, 7) is 2.03. The van der Waals surface area contributed by atoms with Gasteiger partial charge in [0.25, 0.3) is 0 Å². The number of aryl methyl sites for hydroxylation is 1. The molecule has 0 heterocycles. The van der Waals surface area contributed by atoms with E-state index in [9.17, 15) is 4.79 Å². The number of hydrogen-bond acceptors (Lipinski definition) is 2. The number of carbonyl (C=O) groups is 1. The fourth-order valence-corrected chi connectivity index (χ4v) is 2.76. The molecule has 0 aliphatic carbocycles. The minimum absolute atomic E-state index is 0.0726. The normalized spacial score (nSPS) is 10.3. The third kappa shape index (κ3) is 4.17. The molecule has 0 spiro atoms. The van der Waals surface area contributed by atoms with Crippen LogP contribution >= 0.6 is 35.0 Å². The van der Waals surface area contributed by atoms with Gasteiger partial charge < -0.3 is 5.32 Å². The van der Waals surface area contributed by atoms with Crippen LogP contribution in [-0.2, 0) is 4.79 Å². The largest absolute Gasteiger partial charge is 0.325 e. The van der Waals surface area contributed by atoms with Crippen molar-refractivity contribution in [2.24, 2.45) is 0 Å². The summed E-state index contributed by atoms with van der Waals surface area (Å²) >= 11 is 13.2. The van der Waals surface area contributed by atoms with E-state index in [4.69, 9.17) is 23.2 Å². The predicted octanol–water partition coefficient (Wildman–Crippen LogP) is 5.03. The molecule has 2 aromatic rings. The Kier molecular flexibility index (Phi) is 5.35. The molecule has 1 amide bonds. The third-order valence-corrected chi connectivity index (χ3v) is 4.57. The molecule has 0 fully saturated rings. The van der Waals surface area contributed by atoms with Gasteiger partial charge in [-0.2, -0.15) is 0 Å². The van der Waals surface area contributed by atoms with Gasteiger partial charge in [-0.05, 0) is 36.8 Å². The van der Waals surface area contributed by atoms with E-state index in [1.807, 2.05) is 31.2 Å². The summed E-state index contributed by atoms with van der Waals surface area (Å²) in [6.07, 6.45) is 0. The summed E-state index contributed by atoms with van der Waals surface area (Å²) in [5.41, 5.74) is 1.81. The Balaban J connectivity index is 1.93. The number of thioether (sulfide) groups is 1. The molecule has 0 aliphatic heterocycles. The summed E-state index contributed by atoms with van der Waals surface area (Å²) in [6, 6.07) is 13.0. The van der Waals surface area contributed by atoms with E-state index in [0.717, 1.165) is 4.90 Å². The second kappa shape index (κ2) is 7.02. The zero-order valence-corrected chi connectivity index (χ0v) is 13.1. The molecule has 0 bridgehead atoms. The van der Waals surface area contributed by atoms with E-state index in [2.05, 4.69) is 5.32 Å². The second-order valence-corrected chi connectivity index (χ2v) is 6.06. The highest BCUT2D eigenvalue weighted by Gasteiger charge is 2.06. The molecule has 104 valence electrons. The zero-order valence-electron chi connectivity index (χ0n) is 10.8. The van der Waals surface area contributed by atoms with E-state index in [1.165, 1.54) is 17.3 Å². The molecular formula is C15H13Cl2NOS. The van der Waals surface area contributed by atoms with Gasteiger partial charge >= 0.3 is 0 Å². The lowest BCUT2D eigenvalue weighted by Crippen LogP contribution is -2.14. The van der Waals surface area contributed by atoms with Crippen molar-refractivity contribution in [3.63, 3.8) is 0 Å². The lowest BCUT2D eigenvalue weighted by Gasteiger charge is -2.07. The van der Waals surface area contributed by atoms with Crippen molar-refractivity contribution in [1.29, 1.82) is 0 Å². The maximum absolute atomic E-state index is 11.9. The van der Waals surface area contributed by atoms with Gasteiger partial charge in [-0.15, -0.1) is 11.8 Å². The van der Waals surface area contributed by atoms with Crippen LogP contribution in [0.25, 0.3) is 0 Å². The van der Waals surface area contributed by atoms with Crippen LogP contribution in [0.15, 0.2) is 47.4 Å². The molecule has 0 saturated heterocycles. The lowest BCUT2D eigenvalue weighted by molar-refractivity contribution is -0.113. The summed E-state index contributed by atoms with van der Waals surface area (Å²) in [4.78, 5) is 13.0. The number of hydrogen-bond donors (Lipinski definition) is 1. The first kappa shape index (κ1) is 15.2. The average Bonchev–Trinajstić information content (AvgIpc) is 2.42. The number of halogens is 2. The molecule has 5 heteroatoms. The minimum atomic E-state index is -0.0726. The van der Waals surface area contributed by atoms with Gasteiger partial charge in [-0.25, -0.2) is 0 Å². The Labute approximate surface area is 132 Å². The topological polar surface area (TPSA) is 29.1 Å². The van der Waals surface area contributed by atoms with Gasteiger partial charge in [-0.1, -0.05) is 41.4 Å². The fourth-order valence-electron chi connectivity index (χ4n) is 1.63. The van der Waals surface area contributed by atoms with Crippen molar-refractivity contribution in [2.75, 3.05) is 11.1 Å². The molecule has 20 heavy (non-hydrogen) atoms. The highest BCUT2D eigenvalue weighted by Crippen LogP contribution is 2.26. The summed E-state index contributed by atoms with van der Waals surface area (Å²) < 4.78 is 0. The molecule has 0 saturated carbocycles. The molecule has 1 N–H and O–H groups in total. The van der Waals surface area contributed by atoms with Crippen molar-refractivity contribution >= 4 is 46.6 Å². The first-order valence-electron chi connectivity index (χ1n) is 5.99. The Morgan fingerprint density at radius 2 is 1.90 bits per heavy atom. The van der Waals surface area contributed by atoms with Crippen LogP contribution in [0.3, 0.4) is 0 Å². The SMILES string of the molecule is Cc1ccccc1SCC(=O)Nc1ccc(Cl)c(Cl)c1. The number of anilines is 1. The monoisotopic (exact) mass is 325 g/mol. The van der Waals surface area contributed by atoms with Crippen LogP contribution < -0.4 is 5.32 Å². The van der Waals surface area contributed by atoms with Crippen LogP contribution in [0.4, 0.5) is 5.69 Å². The van der Waals surface area contributed by atoms with Gasteiger partial charge in [0.05, 0.1) is 15.8 Å². The van der Waals surface area contributed by atoms with Gasteiger partial charge in [0.15, 0.2) is 0 Å². The summed E-state index contributed by atoms with van der Waals surface area (Å²) in [5.74, 6) is 0.280. The molecule has 2 aromatic carbocycles. The Morgan fingerprint density at radius 3 is 2.60 bits per heavy atom. The van der Waals surface area contributed by atoms with E-state index < -0.39 is 0 Å². The Bertz CT molecular complexity index is 631. The van der Waals surface area contributed by atoms with Gasteiger partial charge in [0, 0.05) is 10.6 Å². The number of amides is 1. The van der Waals surface area contributed by atoms with Gasteiger partial charge in [-0.3, -0.25) is 4.79 Å². The van der Waals surface area contributed by atoms with Gasteiger partial charge in [0.1, 0.15) is 0 Å². The van der Waals surface area contributed by atoms with Crippen LogP contribution in [0.2, 0.25) is 10.0 Å². The number of carbonyl (C=O) groups excluding carboxylic acids is 1. The maximum atomic E-state index is 11.9. The average molecular weight is 326 g/mol. The summed E-state index contributed by atoms with van der Waals surface area (Å²) in [7, 11) is 0. The highest BCUT2D eigenvalue weighted by atomic mass is 35.5. The molecule has 2 nitrogen and oxygen atoms in total. The standard InChI is InChI=1S/C15H13Cl2NOS/c1-10-4-2-3-5-14(10)20-9-15(19)18-11-6-7-12(16)13(17)8-11/h2-8H,9H2,1H3,(H,18,19). The molecule has 0 radical (unpaired) electrons. The van der Waals surface area contributed by atoms with Crippen molar-refractivity contribution in [3.05, 3.63) is 58.1 Å². The maximum Gasteiger partial charge on any atom is 0.234 e. The first-order valence-corrected chi connectivity index (χ1v) is 7.74. The lowest BCUT2D eigenvalue weighted by atomic mass is 10.2. The fraction of sp³-hybridized carbons (Fsp3) is 0.133. The molecule has 2 rings (SSSR count). The van der Waals surface area contributed by atoms with Gasteiger partial charge in [0.2, 0.25) is 5.91 Å². The van der Waals surface area contributed by atoms with Crippen LogP contribution in [0.5, 0.6) is 0 Å². The predicted molar refractivity (Wildman–Crippen MR) is 87.0 cm³/mol. The molecular weight excluding hydrogens is 313 g/mol. The van der Waals surface area contributed by atoms with Crippen molar-refractivity contribution in [2.45, 2.75) is 11.8 Å². The smallest absolute Gasteiger partial charge is 0.234 e. The zero-order chi connectivity index (χ0) is 14.5. The van der Waals surface area contributed by atoms with E-state index >= 15 is 0 Å².